The fourth-order valence-electron chi connectivity index (χ4n) is 1.60. The summed E-state index contributed by atoms with van der Waals surface area (Å²) in [6.07, 6.45) is -0.739. The Balaban J connectivity index is 3.43. The molecular weight excluding hydrogens is 214 g/mol. The third-order valence-corrected chi connectivity index (χ3v) is 2.84. The smallest absolute Gasteiger partial charge is 0.143 e. The van der Waals surface area contributed by atoms with E-state index in [1.165, 1.54) is 7.11 Å². The molecule has 0 spiro atoms. The van der Waals surface area contributed by atoms with Gasteiger partial charge in [-0.2, -0.15) is 0 Å². The first-order chi connectivity index (χ1) is 7.02. The molecule has 84 valence electrons. The van der Waals surface area contributed by atoms with Crippen LogP contribution in [-0.4, -0.2) is 18.8 Å². The number of aliphatic hydroxyl groups excluding tert-OH is 1. The molecule has 0 bridgehead atoms. The standard InChI is InChI=1S/C11H16ClNO2/c1-6-4-8(12)11(15-3)10(7(6)2)9(14)5-13/h4,9,14H,5,13H2,1-3H3. The summed E-state index contributed by atoms with van der Waals surface area (Å²) in [7, 11) is 1.53. The summed E-state index contributed by atoms with van der Waals surface area (Å²) in [6, 6.07) is 1.82. The topological polar surface area (TPSA) is 55.5 Å². The van der Waals surface area contributed by atoms with Crippen LogP contribution in [0.15, 0.2) is 6.07 Å². The molecule has 1 aromatic rings. The van der Waals surface area contributed by atoms with Gasteiger partial charge in [0.25, 0.3) is 0 Å². The van der Waals surface area contributed by atoms with E-state index < -0.39 is 6.10 Å². The van der Waals surface area contributed by atoms with Crippen molar-refractivity contribution in [1.82, 2.24) is 0 Å². The Hall–Kier alpha value is -0.770. The van der Waals surface area contributed by atoms with Crippen molar-refractivity contribution >= 4 is 11.6 Å². The number of rotatable bonds is 3. The molecule has 1 unspecified atom stereocenters. The van der Waals surface area contributed by atoms with E-state index in [4.69, 9.17) is 22.1 Å². The van der Waals surface area contributed by atoms with Crippen LogP contribution in [0.1, 0.15) is 22.8 Å². The molecular formula is C11H16ClNO2. The van der Waals surface area contributed by atoms with E-state index in [0.29, 0.717) is 16.3 Å². The van der Waals surface area contributed by atoms with Crippen LogP contribution in [0.4, 0.5) is 0 Å². The molecule has 0 radical (unpaired) electrons. The number of methoxy groups -OCH3 is 1. The van der Waals surface area contributed by atoms with Crippen LogP contribution in [0, 0.1) is 13.8 Å². The van der Waals surface area contributed by atoms with Crippen molar-refractivity contribution in [1.29, 1.82) is 0 Å². The molecule has 3 nitrogen and oxygen atoms in total. The van der Waals surface area contributed by atoms with Crippen LogP contribution in [0.25, 0.3) is 0 Å². The Morgan fingerprint density at radius 1 is 1.53 bits per heavy atom. The molecule has 1 aromatic carbocycles. The molecule has 4 heteroatoms. The van der Waals surface area contributed by atoms with Crippen molar-refractivity contribution < 1.29 is 9.84 Å². The lowest BCUT2D eigenvalue weighted by Gasteiger charge is -2.19. The van der Waals surface area contributed by atoms with Gasteiger partial charge in [0.1, 0.15) is 5.75 Å². The summed E-state index contributed by atoms with van der Waals surface area (Å²) in [6.45, 7) is 4.01. The average Bonchev–Trinajstić information content (AvgIpc) is 2.21. The largest absolute Gasteiger partial charge is 0.495 e. The monoisotopic (exact) mass is 229 g/mol. The van der Waals surface area contributed by atoms with E-state index in [9.17, 15) is 5.11 Å². The van der Waals surface area contributed by atoms with E-state index in [-0.39, 0.29) is 6.54 Å². The van der Waals surface area contributed by atoms with E-state index in [1.807, 2.05) is 19.9 Å². The highest BCUT2D eigenvalue weighted by Crippen LogP contribution is 2.36. The van der Waals surface area contributed by atoms with E-state index in [0.717, 1.165) is 11.1 Å². The van der Waals surface area contributed by atoms with Gasteiger partial charge >= 0.3 is 0 Å². The second-order valence-electron chi connectivity index (χ2n) is 3.50. The highest BCUT2D eigenvalue weighted by atomic mass is 35.5. The molecule has 0 aromatic heterocycles. The summed E-state index contributed by atoms with van der Waals surface area (Å²) < 4.78 is 5.19. The quantitative estimate of drug-likeness (QED) is 0.833. The lowest BCUT2D eigenvalue weighted by molar-refractivity contribution is 0.181. The minimum Gasteiger partial charge on any atom is -0.495 e. The zero-order valence-corrected chi connectivity index (χ0v) is 9.93. The first-order valence-electron chi connectivity index (χ1n) is 4.74. The molecule has 0 aliphatic carbocycles. The highest BCUT2D eigenvalue weighted by molar-refractivity contribution is 6.32. The zero-order chi connectivity index (χ0) is 11.6. The summed E-state index contributed by atoms with van der Waals surface area (Å²) in [4.78, 5) is 0. The molecule has 1 rings (SSSR count). The predicted octanol–water partition coefficient (Wildman–Crippen LogP) is 1.96. The maximum atomic E-state index is 9.81. The van der Waals surface area contributed by atoms with Crippen molar-refractivity contribution in [3.05, 3.63) is 27.8 Å². The van der Waals surface area contributed by atoms with Gasteiger partial charge in [0.05, 0.1) is 18.2 Å². The van der Waals surface area contributed by atoms with E-state index in [1.54, 1.807) is 0 Å². The van der Waals surface area contributed by atoms with Crippen molar-refractivity contribution in [3.63, 3.8) is 0 Å². The minimum atomic E-state index is -0.739. The van der Waals surface area contributed by atoms with Gasteiger partial charge in [-0.1, -0.05) is 11.6 Å². The molecule has 0 heterocycles. The van der Waals surface area contributed by atoms with Gasteiger partial charge in [-0.3, -0.25) is 0 Å². The van der Waals surface area contributed by atoms with Crippen LogP contribution >= 0.6 is 11.6 Å². The minimum absolute atomic E-state index is 0.150. The molecule has 0 saturated heterocycles. The third-order valence-electron chi connectivity index (χ3n) is 2.56. The number of benzene rings is 1. The van der Waals surface area contributed by atoms with Gasteiger partial charge in [-0.05, 0) is 31.0 Å². The Morgan fingerprint density at radius 3 is 2.60 bits per heavy atom. The number of hydrogen-bond donors (Lipinski definition) is 2. The molecule has 0 amide bonds. The SMILES string of the molecule is COc1c(Cl)cc(C)c(C)c1C(O)CN. The molecule has 1 atom stereocenters. The van der Waals surface area contributed by atoms with Crippen molar-refractivity contribution in [2.45, 2.75) is 20.0 Å². The molecule has 0 aliphatic heterocycles. The van der Waals surface area contributed by atoms with Crippen molar-refractivity contribution in [2.75, 3.05) is 13.7 Å². The number of aliphatic hydroxyl groups is 1. The van der Waals surface area contributed by atoms with Crippen LogP contribution < -0.4 is 10.5 Å². The lowest BCUT2D eigenvalue weighted by Crippen LogP contribution is -2.14. The Bertz CT molecular complexity index is 366. The summed E-state index contributed by atoms with van der Waals surface area (Å²) in [5.41, 5.74) is 8.12. The Morgan fingerprint density at radius 2 is 2.13 bits per heavy atom. The molecule has 0 saturated carbocycles. The summed E-state index contributed by atoms with van der Waals surface area (Å²) in [5, 5.41) is 10.3. The van der Waals surface area contributed by atoms with Crippen molar-refractivity contribution in [2.24, 2.45) is 5.73 Å². The van der Waals surface area contributed by atoms with Gasteiger partial charge in [0, 0.05) is 12.1 Å². The van der Waals surface area contributed by atoms with E-state index >= 15 is 0 Å². The number of ether oxygens (including phenoxy) is 1. The number of nitrogens with two attached hydrogens (primary N) is 1. The van der Waals surface area contributed by atoms with Crippen molar-refractivity contribution in [3.8, 4) is 5.75 Å². The Labute approximate surface area is 94.8 Å². The maximum Gasteiger partial charge on any atom is 0.143 e. The van der Waals surface area contributed by atoms with Gasteiger partial charge in [-0.25, -0.2) is 0 Å². The average molecular weight is 230 g/mol. The summed E-state index contributed by atoms with van der Waals surface area (Å²) in [5.74, 6) is 0.512. The highest BCUT2D eigenvalue weighted by Gasteiger charge is 2.19. The zero-order valence-electron chi connectivity index (χ0n) is 9.17. The number of halogens is 1. The van der Waals surface area contributed by atoms with Gasteiger partial charge in [-0.15, -0.1) is 0 Å². The molecule has 3 N–H and O–H groups in total. The molecule has 0 fully saturated rings. The molecule has 0 aliphatic rings. The second-order valence-corrected chi connectivity index (χ2v) is 3.91. The number of hydrogen-bond acceptors (Lipinski definition) is 3. The second kappa shape index (κ2) is 4.84. The lowest BCUT2D eigenvalue weighted by atomic mass is 9.98. The van der Waals surface area contributed by atoms with Crippen LogP contribution in [-0.2, 0) is 0 Å². The first-order valence-corrected chi connectivity index (χ1v) is 5.12. The van der Waals surface area contributed by atoms with Gasteiger partial charge in [0.15, 0.2) is 0 Å². The number of aryl methyl sites for hydroxylation is 1. The van der Waals surface area contributed by atoms with Crippen LogP contribution in [0.3, 0.4) is 0 Å². The van der Waals surface area contributed by atoms with E-state index in [2.05, 4.69) is 0 Å². The maximum absolute atomic E-state index is 9.81. The molecule has 15 heavy (non-hydrogen) atoms. The van der Waals surface area contributed by atoms with Gasteiger partial charge < -0.3 is 15.6 Å². The third kappa shape index (κ3) is 2.25. The predicted molar refractivity (Wildman–Crippen MR) is 61.5 cm³/mol. The van der Waals surface area contributed by atoms with Crippen LogP contribution in [0.2, 0.25) is 5.02 Å². The van der Waals surface area contributed by atoms with Crippen LogP contribution in [0.5, 0.6) is 5.75 Å². The fourth-order valence-corrected chi connectivity index (χ4v) is 1.94. The first kappa shape index (κ1) is 12.3. The summed E-state index contributed by atoms with van der Waals surface area (Å²) >= 11 is 6.03. The normalized spacial score (nSPS) is 12.7. The Kier molecular flexibility index (Phi) is 3.97. The fraction of sp³-hybridized carbons (Fsp3) is 0.455. The van der Waals surface area contributed by atoms with Gasteiger partial charge in [0.2, 0.25) is 0 Å².